The Hall–Kier alpha value is -3.72. The summed E-state index contributed by atoms with van der Waals surface area (Å²) in [5.74, 6) is -0.230. The quantitative estimate of drug-likeness (QED) is 0.0778. The fourth-order valence-corrected chi connectivity index (χ4v) is 19.6. The molecule has 4 aromatic rings. The normalized spacial score (nSPS) is 26.0. The Balaban J connectivity index is 1.37. The largest absolute Gasteiger partial charge is 0.465 e. The number of fused-ring (bicyclic) bond motifs is 2. The summed E-state index contributed by atoms with van der Waals surface area (Å²) >= 11 is 0. The first kappa shape index (κ1) is 47.3. The van der Waals surface area contributed by atoms with Crippen LogP contribution in [-0.2, 0) is 32.6 Å². The zero-order valence-electron chi connectivity index (χ0n) is 38.9. The minimum atomic E-state index is -3.20. The maximum absolute atomic E-state index is 12.8. The van der Waals surface area contributed by atoms with Gasteiger partial charge in [-0.3, -0.25) is 4.79 Å². The van der Waals surface area contributed by atoms with Crippen LogP contribution in [0.25, 0.3) is 0 Å². The third-order valence-corrected chi connectivity index (χ3v) is 23.4. The van der Waals surface area contributed by atoms with Gasteiger partial charge in [-0.25, -0.2) is 0 Å². The summed E-state index contributed by atoms with van der Waals surface area (Å²) < 4.78 is 43.8. The summed E-state index contributed by atoms with van der Waals surface area (Å²) in [6.45, 7) is 23.5. The summed E-state index contributed by atoms with van der Waals surface area (Å²) in [5.41, 5.74) is -0.595. The first-order valence-electron chi connectivity index (χ1n) is 22.9. The van der Waals surface area contributed by atoms with Crippen LogP contribution < -0.4 is 20.7 Å². The predicted octanol–water partition coefficient (Wildman–Crippen LogP) is 7.88. The van der Waals surface area contributed by atoms with Crippen molar-refractivity contribution in [3.05, 3.63) is 134 Å². The van der Waals surface area contributed by atoms with Gasteiger partial charge in [-0.2, -0.15) is 0 Å². The molecular formula is C53H70O8Si2. The highest BCUT2D eigenvalue weighted by Gasteiger charge is 2.64. The number of carbonyl (C=O) groups excluding carboxylic acids is 1. The van der Waals surface area contributed by atoms with E-state index in [1.807, 2.05) is 20.8 Å². The van der Waals surface area contributed by atoms with Crippen LogP contribution in [0.15, 0.2) is 134 Å². The zero-order chi connectivity index (χ0) is 45.2. The number of aliphatic hydroxyl groups excluding tert-OH is 1. The fraction of sp³-hybridized carbons (Fsp3) is 0.491. The molecule has 0 amide bonds. The fourth-order valence-electron chi connectivity index (χ4n) is 10.2. The van der Waals surface area contributed by atoms with Crippen molar-refractivity contribution in [1.29, 1.82) is 0 Å². The van der Waals surface area contributed by atoms with Crippen LogP contribution in [0.2, 0.25) is 10.1 Å². The Kier molecular flexibility index (Phi) is 14.3. The van der Waals surface area contributed by atoms with Gasteiger partial charge in [-0.15, -0.1) is 6.58 Å². The van der Waals surface area contributed by atoms with E-state index in [0.29, 0.717) is 6.42 Å². The molecule has 10 heteroatoms. The second-order valence-corrected chi connectivity index (χ2v) is 29.3. The lowest BCUT2D eigenvalue weighted by molar-refractivity contribution is -0.256. The lowest BCUT2D eigenvalue weighted by atomic mass is 9.88. The number of hydrogen-bond donors (Lipinski definition) is 1. The summed E-state index contributed by atoms with van der Waals surface area (Å²) in [4.78, 5) is 12.8. The molecule has 4 aromatic carbocycles. The summed E-state index contributed by atoms with van der Waals surface area (Å²) in [6, 6.07) is 42.6. The van der Waals surface area contributed by atoms with Crippen molar-refractivity contribution in [1.82, 2.24) is 0 Å². The van der Waals surface area contributed by atoms with E-state index >= 15 is 0 Å². The minimum absolute atomic E-state index is 0.187. The molecule has 3 fully saturated rings. The highest BCUT2D eigenvalue weighted by Crippen LogP contribution is 2.48. The molecule has 0 aliphatic carbocycles. The molecule has 3 saturated heterocycles. The molecule has 338 valence electrons. The number of ether oxygens (including phenoxy) is 4. The molecule has 0 radical (unpaired) electrons. The monoisotopic (exact) mass is 890 g/mol. The molecule has 2 unspecified atom stereocenters. The first-order valence-corrected chi connectivity index (χ1v) is 26.7. The third-order valence-electron chi connectivity index (χ3n) is 13.3. The van der Waals surface area contributed by atoms with Gasteiger partial charge in [0.1, 0.15) is 30.5 Å². The third kappa shape index (κ3) is 9.52. The van der Waals surface area contributed by atoms with Crippen molar-refractivity contribution in [2.45, 2.75) is 153 Å². The molecule has 9 atom stereocenters. The molecule has 0 spiro atoms. The number of hydrogen-bond acceptors (Lipinski definition) is 8. The van der Waals surface area contributed by atoms with E-state index in [0.717, 1.165) is 33.6 Å². The van der Waals surface area contributed by atoms with Gasteiger partial charge < -0.3 is 32.9 Å². The smallest absolute Gasteiger partial charge is 0.311 e. The minimum Gasteiger partial charge on any atom is -0.465 e. The average molecular weight is 891 g/mol. The molecule has 0 bridgehead atoms. The van der Waals surface area contributed by atoms with Crippen LogP contribution in [0, 0.1) is 5.41 Å². The molecule has 0 saturated carbocycles. The second kappa shape index (κ2) is 19.0. The number of rotatable bonds is 14. The summed E-state index contributed by atoms with van der Waals surface area (Å²) in [5, 5.41) is 15.3. The summed E-state index contributed by atoms with van der Waals surface area (Å²) in [7, 11) is -6.37. The van der Waals surface area contributed by atoms with Gasteiger partial charge in [-0.1, -0.05) is 169 Å². The zero-order valence-corrected chi connectivity index (χ0v) is 40.9. The second-order valence-electron chi connectivity index (χ2n) is 20.8. The molecule has 1 N–H and O–H groups in total. The van der Waals surface area contributed by atoms with E-state index in [1.165, 1.54) is 0 Å². The number of carbonyl (C=O) groups is 1. The Labute approximate surface area is 378 Å². The standard InChI is InChI=1S/C53H70O8Si2/c1-11-37(54)36-44-46(60-62(52(5,6)7,39-24-16-12-17-25-39)40-26-18-13-19-27-40)47-48(59-44)49(45-43(58-47)33-32-38(57-45)34-35-56-50(55)51(2,3)4)61-63(53(8,9)10,41-28-20-14-21-29-41)42-30-22-15-23-31-42/h11-31,37-38,43-49,54H,1,32-36H2,2-10H3/t37?,38?,43-,44+,45-,46-,47-,48+,49-/m0/s1. The maximum atomic E-state index is 12.8. The van der Waals surface area contributed by atoms with Crippen LogP contribution >= 0.6 is 0 Å². The van der Waals surface area contributed by atoms with Crippen molar-refractivity contribution < 1.29 is 37.7 Å². The van der Waals surface area contributed by atoms with Crippen LogP contribution in [0.4, 0.5) is 0 Å². The maximum Gasteiger partial charge on any atom is 0.311 e. The molecule has 3 heterocycles. The number of aliphatic hydroxyl groups is 1. The molecule has 3 aliphatic heterocycles. The Morgan fingerprint density at radius 1 is 0.651 bits per heavy atom. The average Bonchev–Trinajstić information content (AvgIpc) is 3.59. The molecule has 0 aromatic heterocycles. The first-order chi connectivity index (χ1) is 29.9. The van der Waals surface area contributed by atoms with E-state index in [9.17, 15) is 9.90 Å². The van der Waals surface area contributed by atoms with E-state index in [-0.39, 0.29) is 41.3 Å². The van der Waals surface area contributed by atoms with Gasteiger partial charge in [0.25, 0.3) is 16.6 Å². The topological polar surface area (TPSA) is 92.7 Å². The molecule has 3 aliphatic rings. The van der Waals surface area contributed by atoms with Gasteiger partial charge >= 0.3 is 5.97 Å². The van der Waals surface area contributed by atoms with Gasteiger partial charge in [0.2, 0.25) is 0 Å². The lowest BCUT2D eigenvalue weighted by Crippen LogP contribution is -2.73. The Morgan fingerprint density at radius 2 is 1.08 bits per heavy atom. The molecular weight excluding hydrogens is 821 g/mol. The van der Waals surface area contributed by atoms with Crippen molar-refractivity contribution >= 4 is 43.4 Å². The Bertz CT molecular complexity index is 2020. The lowest BCUT2D eigenvalue weighted by Gasteiger charge is -2.53. The highest BCUT2D eigenvalue weighted by molar-refractivity contribution is 7.00. The van der Waals surface area contributed by atoms with Crippen LogP contribution in [0.5, 0.6) is 0 Å². The SMILES string of the molecule is C=CC(O)C[C@H]1O[C@H]2[C@@H](O[Si](c3ccccc3)(c3ccccc3)C(C)(C)C)[C@H]3OC(CCOC(=O)C(C)(C)C)CC[C@@H]3O[C@H]2[C@H]1O[Si](c1ccccc1)(c1ccccc1)C(C)(C)C. The van der Waals surface area contributed by atoms with Crippen molar-refractivity contribution in [3.63, 3.8) is 0 Å². The van der Waals surface area contributed by atoms with Crippen molar-refractivity contribution in [2.24, 2.45) is 5.41 Å². The predicted molar refractivity (Wildman–Crippen MR) is 256 cm³/mol. The number of esters is 1. The highest BCUT2D eigenvalue weighted by atomic mass is 28.4. The van der Waals surface area contributed by atoms with Gasteiger partial charge in [-0.05, 0) is 64.4 Å². The van der Waals surface area contributed by atoms with E-state index in [4.69, 9.17) is 27.8 Å². The molecule has 7 rings (SSSR count). The van der Waals surface area contributed by atoms with Crippen molar-refractivity contribution in [3.8, 4) is 0 Å². The van der Waals surface area contributed by atoms with Crippen LogP contribution in [0.3, 0.4) is 0 Å². The number of benzene rings is 4. The van der Waals surface area contributed by atoms with Gasteiger partial charge in [0.05, 0.1) is 36.4 Å². The van der Waals surface area contributed by atoms with Crippen LogP contribution in [0.1, 0.15) is 88.0 Å². The van der Waals surface area contributed by atoms with Gasteiger partial charge in [0, 0.05) is 12.8 Å². The van der Waals surface area contributed by atoms with Crippen LogP contribution in [-0.4, -0.2) is 89.3 Å². The summed E-state index contributed by atoms with van der Waals surface area (Å²) in [6.07, 6.45) is -0.892. The van der Waals surface area contributed by atoms with E-state index in [1.54, 1.807) is 6.08 Å². The van der Waals surface area contributed by atoms with E-state index in [2.05, 4.69) is 169 Å². The molecule has 63 heavy (non-hydrogen) atoms. The van der Waals surface area contributed by atoms with E-state index < -0.39 is 64.8 Å². The Morgan fingerprint density at radius 3 is 1.49 bits per heavy atom. The van der Waals surface area contributed by atoms with Crippen molar-refractivity contribution in [2.75, 3.05) is 6.61 Å². The van der Waals surface area contributed by atoms with Gasteiger partial charge in [0.15, 0.2) is 0 Å². The molecule has 8 nitrogen and oxygen atoms in total.